The molecule has 1 aliphatic rings. The number of rotatable bonds is 1. The second-order valence-electron chi connectivity index (χ2n) is 9.78. The molecule has 0 amide bonds. The van der Waals surface area contributed by atoms with Gasteiger partial charge in [-0.05, 0) is 82.6 Å². The highest BCUT2D eigenvalue weighted by Gasteiger charge is 2.37. The highest BCUT2D eigenvalue weighted by atomic mass is 14.7. The monoisotopic (exact) mass is 424 g/mol. The molecule has 158 valence electrons. The average Bonchev–Trinajstić information content (AvgIpc) is 3.04. The van der Waals surface area contributed by atoms with E-state index in [1.54, 1.807) is 0 Å². The van der Waals surface area contributed by atoms with Crippen molar-refractivity contribution in [2.45, 2.75) is 33.1 Å². The molecule has 1 aromatic heterocycles. The van der Waals surface area contributed by atoms with Crippen LogP contribution in [0.1, 0.15) is 41.7 Å². The molecule has 0 saturated heterocycles. The van der Waals surface area contributed by atoms with Crippen LogP contribution in [0.4, 0.5) is 0 Å². The van der Waals surface area contributed by atoms with Gasteiger partial charge in [-0.1, -0.05) is 61.4 Å². The molecule has 5 aromatic rings. The lowest BCUT2D eigenvalue weighted by atomic mass is 9.79. The molecule has 0 fully saturated rings. The normalized spacial score (nSPS) is 13.7. The van der Waals surface area contributed by atoms with E-state index in [0.717, 1.165) is 11.3 Å². The predicted molar refractivity (Wildman–Crippen MR) is 136 cm³/mol. The Bertz CT molecular complexity index is 1640. The number of pyridine rings is 1. The fourth-order valence-electron chi connectivity index (χ4n) is 5.81. The highest BCUT2D eigenvalue weighted by Crippen LogP contribution is 2.52. The number of benzene rings is 4. The van der Waals surface area contributed by atoms with E-state index in [-0.39, 0.29) is 5.41 Å². The smallest absolute Gasteiger partial charge is 0.0991 e. The van der Waals surface area contributed by atoms with Crippen LogP contribution in [0.5, 0.6) is 0 Å². The minimum absolute atomic E-state index is 0.172. The predicted octanol–water partition coefficient (Wildman–Crippen LogP) is 7.85. The lowest BCUT2D eigenvalue weighted by Crippen LogP contribution is -2.15. The molecular formula is C31H24N2. The van der Waals surface area contributed by atoms with Crippen LogP contribution in [0.15, 0.2) is 72.9 Å². The molecule has 1 aliphatic carbocycles. The molecule has 0 saturated carbocycles. The summed E-state index contributed by atoms with van der Waals surface area (Å²) in [6.45, 7) is 8.82. The van der Waals surface area contributed by atoms with E-state index >= 15 is 0 Å². The number of aromatic nitrogens is 1. The molecule has 0 atom stereocenters. The fraction of sp³-hybridized carbons (Fsp3) is 0.161. The first-order valence-corrected chi connectivity index (χ1v) is 11.4. The first-order chi connectivity index (χ1) is 15.9. The summed E-state index contributed by atoms with van der Waals surface area (Å²) in [6, 6.07) is 26.2. The zero-order valence-corrected chi connectivity index (χ0v) is 19.3. The second-order valence-corrected chi connectivity index (χ2v) is 9.78. The lowest BCUT2D eigenvalue weighted by molar-refractivity contribution is 0.666. The number of nitrogens with zero attached hydrogens (tertiary/aromatic N) is 2. The minimum Gasteiger partial charge on any atom is -0.256 e. The molecule has 6 rings (SSSR count). The van der Waals surface area contributed by atoms with E-state index in [0.29, 0.717) is 5.56 Å². The van der Waals surface area contributed by atoms with Gasteiger partial charge in [0.05, 0.1) is 17.3 Å². The van der Waals surface area contributed by atoms with Crippen LogP contribution in [-0.2, 0) is 5.41 Å². The first kappa shape index (κ1) is 19.7. The molecule has 2 nitrogen and oxygen atoms in total. The van der Waals surface area contributed by atoms with Gasteiger partial charge in [-0.25, -0.2) is 0 Å². The van der Waals surface area contributed by atoms with E-state index in [2.05, 4.69) is 94.4 Å². The second kappa shape index (κ2) is 6.77. The maximum atomic E-state index is 9.44. The van der Waals surface area contributed by atoms with Gasteiger partial charge in [0.25, 0.3) is 0 Å². The van der Waals surface area contributed by atoms with Crippen molar-refractivity contribution in [1.82, 2.24) is 4.98 Å². The Morgan fingerprint density at radius 3 is 2.15 bits per heavy atom. The standard InChI is InChI=1S/C31H24N2/c1-18-13-19(2)15-21(14-18)30-27-10-9-25-22(23(27)11-12-33-30)7-8-26-24-6-5-20(17-32)16-28(24)31(3,4)29(25)26/h5-16H,1-4H3. The molecule has 0 spiro atoms. The van der Waals surface area contributed by atoms with Crippen LogP contribution in [-0.4, -0.2) is 4.98 Å². The van der Waals surface area contributed by atoms with Crippen LogP contribution in [0, 0.1) is 25.2 Å². The molecule has 4 aromatic carbocycles. The summed E-state index contributed by atoms with van der Waals surface area (Å²) in [6.07, 6.45) is 1.93. The van der Waals surface area contributed by atoms with Gasteiger partial charge in [0.15, 0.2) is 0 Å². The quantitative estimate of drug-likeness (QED) is 0.257. The molecule has 0 N–H and O–H groups in total. The van der Waals surface area contributed by atoms with Gasteiger partial charge < -0.3 is 0 Å². The van der Waals surface area contributed by atoms with Crippen molar-refractivity contribution in [1.29, 1.82) is 5.26 Å². The SMILES string of the molecule is Cc1cc(C)cc(-c2nccc3c2ccc2c4c(ccc23)-c2ccc(C#N)cc2C4(C)C)c1. The summed E-state index contributed by atoms with van der Waals surface area (Å²) in [5.74, 6) is 0. The largest absolute Gasteiger partial charge is 0.256 e. The average molecular weight is 425 g/mol. The summed E-state index contributed by atoms with van der Waals surface area (Å²) in [5, 5.41) is 14.4. The van der Waals surface area contributed by atoms with E-state index in [1.807, 2.05) is 12.3 Å². The molecule has 1 heterocycles. The van der Waals surface area contributed by atoms with E-state index in [9.17, 15) is 5.26 Å². The number of hydrogen-bond donors (Lipinski definition) is 0. The third kappa shape index (κ3) is 2.76. The molecule has 0 radical (unpaired) electrons. The van der Waals surface area contributed by atoms with Crippen LogP contribution in [0.25, 0.3) is 43.9 Å². The summed E-state index contributed by atoms with van der Waals surface area (Å²) < 4.78 is 0. The van der Waals surface area contributed by atoms with E-state index < -0.39 is 0 Å². The molecule has 0 bridgehead atoms. The summed E-state index contributed by atoms with van der Waals surface area (Å²) in [7, 11) is 0. The van der Waals surface area contributed by atoms with Crippen LogP contribution >= 0.6 is 0 Å². The highest BCUT2D eigenvalue weighted by molar-refractivity contribution is 6.14. The number of nitriles is 1. The Morgan fingerprint density at radius 2 is 1.39 bits per heavy atom. The summed E-state index contributed by atoms with van der Waals surface area (Å²) in [5.41, 5.74) is 10.3. The Morgan fingerprint density at radius 1 is 0.727 bits per heavy atom. The first-order valence-electron chi connectivity index (χ1n) is 11.4. The van der Waals surface area contributed by atoms with Crippen molar-refractivity contribution in [2.24, 2.45) is 0 Å². The molecular weight excluding hydrogens is 400 g/mol. The molecule has 0 unspecified atom stereocenters. The van der Waals surface area contributed by atoms with Gasteiger partial charge in [-0.15, -0.1) is 0 Å². The van der Waals surface area contributed by atoms with Crippen molar-refractivity contribution in [2.75, 3.05) is 0 Å². The van der Waals surface area contributed by atoms with Gasteiger partial charge in [-0.3, -0.25) is 4.98 Å². The van der Waals surface area contributed by atoms with Crippen molar-refractivity contribution in [3.8, 4) is 28.5 Å². The maximum Gasteiger partial charge on any atom is 0.0991 e. The van der Waals surface area contributed by atoms with E-state index in [4.69, 9.17) is 4.98 Å². The van der Waals surface area contributed by atoms with Crippen LogP contribution in [0.2, 0.25) is 0 Å². The molecule has 0 aliphatic heterocycles. The zero-order chi connectivity index (χ0) is 22.9. The minimum atomic E-state index is -0.172. The number of hydrogen-bond acceptors (Lipinski definition) is 2. The van der Waals surface area contributed by atoms with Crippen molar-refractivity contribution in [3.05, 3.63) is 101 Å². The van der Waals surface area contributed by atoms with E-state index in [1.165, 1.54) is 54.9 Å². The topological polar surface area (TPSA) is 36.7 Å². The lowest BCUT2D eigenvalue weighted by Gasteiger charge is -2.23. The fourth-order valence-corrected chi connectivity index (χ4v) is 5.81. The molecule has 2 heteroatoms. The van der Waals surface area contributed by atoms with Crippen molar-refractivity contribution < 1.29 is 0 Å². The maximum absolute atomic E-state index is 9.44. The Labute approximate surface area is 194 Å². The van der Waals surface area contributed by atoms with Gasteiger partial charge >= 0.3 is 0 Å². The van der Waals surface area contributed by atoms with Gasteiger partial charge in [-0.2, -0.15) is 5.26 Å². The van der Waals surface area contributed by atoms with Gasteiger partial charge in [0, 0.05) is 22.6 Å². The third-order valence-electron chi connectivity index (χ3n) is 7.17. The third-order valence-corrected chi connectivity index (χ3v) is 7.17. The van der Waals surface area contributed by atoms with Crippen molar-refractivity contribution >= 4 is 21.5 Å². The number of fused-ring (bicyclic) bond motifs is 7. The van der Waals surface area contributed by atoms with Gasteiger partial charge in [0.2, 0.25) is 0 Å². The van der Waals surface area contributed by atoms with Crippen LogP contribution < -0.4 is 0 Å². The molecule has 33 heavy (non-hydrogen) atoms. The zero-order valence-electron chi connectivity index (χ0n) is 19.3. The number of aryl methyl sites for hydroxylation is 2. The Kier molecular flexibility index (Phi) is 4.04. The van der Waals surface area contributed by atoms with Crippen molar-refractivity contribution in [3.63, 3.8) is 0 Å². The summed E-state index contributed by atoms with van der Waals surface area (Å²) in [4.78, 5) is 4.79. The summed E-state index contributed by atoms with van der Waals surface area (Å²) >= 11 is 0. The Hall–Kier alpha value is -3.96. The van der Waals surface area contributed by atoms with Crippen LogP contribution in [0.3, 0.4) is 0 Å². The van der Waals surface area contributed by atoms with Gasteiger partial charge in [0.1, 0.15) is 0 Å². The Balaban J connectivity index is 1.65.